The number of benzene rings is 1. The Hall–Kier alpha value is -3.43. The number of ether oxygens (including phenoxy) is 1. The number of rotatable bonds is 6. The van der Waals surface area contributed by atoms with Crippen LogP contribution in [-0.4, -0.2) is 36.5 Å². The molecule has 5 aromatic rings. The maximum atomic E-state index is 13.0. The molecule has 0 N–H and O–H groups in total. The molecule has 150 valence electrons. The quantitative estimate of drug-likeness (QED) is 0.421. The van der Waals surface area contributed by atoms with Gasteiger partial charge >= 0.3 is 0 Å². The third kappa shape index (κ3) is 3.17. The van der Waals surface area contributed by atoms with E-state index in [-0.39, 0.29) is 11.1 Å². The van der Waals surface area contributed by atoms with Crippen LogP contribution in [-0.2, 0) is 24.3 Å². The lowest BCUT2D eigenvalue weighted by Crippen LogP contribution is -2.23. The van der Waals surface area contributed by atoms with Crippen molar-refractivity contribution in [2.45, 2.75) is 19.6 Å². The molecule has 0 aliphatic rings. The second kappa shape index (κ2) is 7.77. The van der Waals surface area contributed by atoms with Crippen molar-refractivity contribution in [3.63, 3.8) is 0 Å². The summed E-state index contributed by atoms with van der Waals surface area (Å²) in [4.78, 5) is 18.7. The zero-order chi connectivity index (χ0) is 20.5. The highest BCUT2D eigenvalue weighted by molar-refractivity contribution is 7.09. The fourth-order valence-electron chi connectivity index (χ4n) is 3.49. The Morgan fingerprint density at radius 3 is 2.70 bits per heavy atom. The molecular formula is C21H18N6O2S. The molecule has 0 saturated heterocycles. The van der Waals surface area contributed by atoms with Crippen molar-refractivity contribution in [1.29, 1.82) is 0 Å². The van der Waals surface area contributed by atoms with Gasteiger partial charge in [-0.2, -0.15) is 9.61 Å². The lowest BCUT2D eigenvalue weighted by atomic mass is 10.1. The Morgan fingerprint density at radius 2 is 1.93 bits per heavy atom. The topological polar surface area (TPSA) is 87.2 Å². The summed E-state index contributed by atoms with van der Waals surface area (Å²) < 4.78 is 8.49. The second-order valence-electron chi connectivity index (χ2n) is 6.80. The van der Waals surface area contributed by atoms with E-state index < -0.39 is 0 Å². The Balaban J connectivity index is 1.65. The van der Waals surface area contributed by atoms with E-state index in [0.29, 0.717) is 30.1 Å². The van der Waals surface area contributed by atoms with E-state index in [0.717, 1.165) is 17.5 Å². The van der Waals surface area contributed by atoms with Gasteiger partial charge in [0.2, 0.25) is 0 Å². The number of aromatic nitrogens is 6. The lowest BCUT2D eigenvalue weighted by molar-refractivity contribution is 0.181. The summed E-state index contributed by atoms with van der Waals surface area (Å²) in [5, 5.41) is 15.2. The highest BCUT2D eigenvalue weighted by Gasteiger charge is 2.20. The number of aryl methyl sites for hydroxylation is 2. The normalized spacial score (nSPS) is 11.5. The third-order valence-electron chi connectivity index (χ3n) is 4.90. The van der Waals surface area contributed by atoms with E-state index >= 15 is 0 Å². The average molecular weight is 418 g/mol. The number of hydrogen-bond acceptors (Lipinski definition) is 7. The first-order chi connectivity index (χ1) is 14.8. The summed E-state index contributed by atoms with van der Waals surface area (Å²) in [6, 6.07) is 13.9. The van der Waals surface area contributed by atoms with Gasteiger partial charge < -0.3 is 4.74 Å². The Morgan fingerprint density at radius 1 is 1.07 bits per heavy atom. The first-order valence-corrected chi connectivity index (χ1v) is 10.3. The van der Waals surface area contributed by atoms with Gasteiger partial charge in [0, 0.05) is 18.5 Å². The Kier molecular flexibility index (Phi) is 4.82. The van der Waals surface area contributed by atoms with E-state index in [9.17, 15) is 4.79 Å². The number of methoxy groups -OCH3 is 1. The molecular weight excluding hydrogens is 400 g/mol. The highest BCUT2D eigenvalue weighted by atomic mass is 32.1. The number of thiophene rings is 1. The van der Waals surface area contributed by atoms with Gasteiger partial charge in [-0.1, -0.05) is 36.4 Å². The molecule has 4 heterocycles. The Labute approximate surface area is 175 Å². The van der Waals surface area contributed by atoms with E-state index in [2.05, 4.69) is 26.3 Å². The van der Waals surface area contributed by atoms with Crippen LogP contribution in [0.5, 0.6) is 0 Å². The molecule has 30 heavy (non-hydrogen) atoms. The fourth-order valence-corrected chi connectivity index (χ4v) is 4.18. The summed E-state index contributed by atoms with van der Waals surface area (Å²) in [6.07, 6.45) is 2.32. The zero-order valence-corrected chi connectivity index (χ0v) is 17.0. The monoisotopic (exact) mass is 418 g/mol. The molecule has 5 rings (SSSR count). The first kappa shape index (κ1) is 18.6. The number of hydrogen-bond donors (Lipinski definition) is 0. The van der Waals surface area contributed by atoms with Crippen molar-refractivity contribution >= 4 is 28.1 Å². The molecule has 4 aromatic heterocycles. The molecule has 0 aliphatic heterocycles. The van der Waals surface area contributed by atoms with Crippen molar-refractivity contribution in [2.75, 3.05) is 7.11 Å². The van der Waals surface area contributed by atoms with Crippen molar-refractivity contribution in [1.82, 2.24) is 29.4 Å². The molecule has 0 amide bonds. The SMILES string of the molecule is COCc1nn2c(nnc3c(=O)n(CCc4cccs4)cnc32)c1-c1ccccc1. The number of fused-ring (bicyclic) bond motifs is 3. The molecule has 0 radical (unpaired) electrons. The molecule has 0 unspecified atom stereocenters. The van der Waals surface area contributed by atoms with Gasteiger partial charge in [0.05, 0.1) is 17.9 Å². The van der Waals surface area contributed by atoms with Gasteiger partial charge in [-0.05, 0) is 23.4 Å². The van der Waals surface area contributed by atoms with E-state index in [1.54, 1.807) is 33.9 Å². The summed E-state index contributed by atoms with van der Waals surface area (Å²) in [7, 11) is 1.62. The van der Waals surface area contributed by atoms with Crippen molar-refractivity contribution in [3.05, 3.63) is 75.1 Å². The average Bonchev–Trinajstić information content (AvgIpc) is 3.42. The minimum absolute atomic E-state index is 0.197. The minimum atomic E-state index is -0.226. The van der Waals surface area contributed by atoms with Crippen LogP contribution in [0.3, 0.4) is 0 Å². The van der Waals surface area contributed by atoms with Crippen molar-refractivity contribution < 1.29 is 4.74 Å². The standard InChI is InChI=1S/C21H18N6O2S/c1-29-12-16-17(14-6-3-2-4-7-14)19-24-23-18-20(27(19)25-16)22-13-26(21(18)28)10-9-15-8-5-11-30-15/h2-8,11,13H,9-10,12H2,1H3. The van der Waals surface area contributed by atoms with Crippen LogP contribution in [0.4, 0.5) is 0 Å². The largest absolute Gasteiger partial charge is 0.378 e. The maximum Gasteiger partial charge on any atom is 0.283 e. The van der Waals surface area contributed by atoms with Gasteiger partial charge in [0.1, 0.15) is 6.33 Å². The predicted octanol–water partition coefficient (Wildman–Crippen LogP) is 2.95. The van der Waals surface area contributed by atoms with Crippen LogP contribution >= 0.6 is 11.3 Å². The van der Waals surface area contributed by atoms with Crippen LogP contribution < -0.4 is 5.56 Å². The van der Waals surface area contributed by atoms with Crippen LogP contribution in [0.2, 0.25) is 0 Å². The van der Waals surface area contributed by atoms with Crippen LogP contribution in [0, 0.1) is 0 Å². The van der Waals surface area contributed by atoms with Crippen LogP contribution in [0.1, 0.15) is 10.6 Å². The lowest BCUT2D eigenvalue weighted by Gasteiger charge is -2.06. The molecule has 0 spiro atoms. The summed E-state index contributed by atoms with van der Waals surface area (Å²) >= 11 is 1.67. The molecule has 0 fully saturated rings. The smallest absolute Gasteiger partial charge is 0.283 e. The van der Waals surface area contributed by atoms with Gasteiger partial charge in [-0.25, -0.2) is 4.98 Å². The third-order valence-corrected chi connectivity index (χ3v) is 5.83. The zero-order valence-electron chi connectivity index (χ0n) is 16.2. The molecule has 0 bridgehead atoms. The predicted molar refractivity (Wildman–Crippen MR) is 115 cm³/mol. The number of nitrogens with zero attached hydrogens (tertiary/aromatic N) is 6. The van der Waals surface area contributed by atoms with E-state index in [1.165, 1.54) is 4.88 Å². The molecule has 0 aliphatic carbocycles. The highest BCUT2D eigenvalue weighted by Crippen LogP contribution is 2.28. The molecule has 1 aromatic carbocycles. The minimum Gasteiger partial charge on any atom is -0.378 e. The maximum absolute atomic E-state index is 13.0. The van der Waals surface area contributed by atoms with Gasteiger partial charge in [-0.3, -0.25) is 9.36 Å². The first-order valence-electron chi connectivity index (χ1n) is 9.46. The van der Waals surface area contributed by atoms with Crippen molar-refractivity contribution in [3.8, 4) is 11.1 Å². The Bertz CT molecular complexity index is 1380. The molecule has 0 atom stereocenters. The van der Waals surface area contributed by atoms with E-state index in [1.807, 2.05) is 41.8 Å². The molecule has 8 nitrogen and oxygen atoms in total. The summed E-state index contributed by atoms with van der Waals surface area (Å²) in [6.45, 7) is 0.845. The summed E-state index contributed by atoms with van der Waals surface area (Å²) in [5.74, 6) is 0. The second-order valence-corrected chi connectivity index (χ2v) is 7.83. The van der Waals surface area contributed by atoms with Crippen LogP contribution in [0.15, 0.2) is 59.0 Å². The van der Waals surface area contributed by atoms with Gasteiger partial charge in [0.25, 0.3) is 5.56 Å². The van der Waals surface area contributed by atoms with Crippen molar-refractivity contribution in [2.24, 2.45) is 0 Å². The van der Waals surface area contributed by atoms with Gasteiger partial charge in [-0.15, -0.1) is 21.5 Å². The van der Waals surface area contributed by atoms with Crippen LogP contribution in [0.25, 0.3) is 27.9 Å². The van der Waals surface area contributed by atoms with Gasteiger partial charge in [0.15, 0.2) is 16.8 Å². The van der Waals surface area contributed by atoms with E-state index in [4.69, 9.17) is 4.74 Å². The molecule has 0 saturated carbocycles. The molecule has 9 heteroatoms. The summed E-state index contributed by atoms with van der Waals surface area (Å²) in [5.41, 5.74) is 3.40. The fraction of sp³-hybridized carbons (Fsp3) is 0.190.